The Labute approximate surface area is 136 Å². The molecule has 3 nitrogen and oxygen atoms in total. The number of likely N-dealkylation sites (N-methyl/N-ethyl adjacent to an activating group) is 1. The zero-order valence-corrected chi connectivity index (χ0v) is 13.7. The van der Waals surface area contributed by atoms with Crippen LogP contribution in [0.15, 0.2) is 54.6 Å². The largest absolute Gasteiger partial charge is 0.343 e. The molecule has 2 N–H and O–H groups in total. The number of carbonyl (C=O) groups is 1. The van der Waals surface area contributed by atoms with E-state index in [0.29, 0.717) is 11.4 Å². The van der Waals surface area contributed by atoms with Crippen LogP contribution in [0.2, 0.25) is 5.02 Å². The predicted molar refractivity (Wildman–Crippen MR) is 90.2 cm³/mol. The van der Waals surface area contributed by atoms with Gasteiger partial charge in [-0.25, -0.2) is 0 Å². The van der Waals surface area contributed by atoms with Gasteiger partial charge in [-0.3, -0.25) is 4.79 Å². The quantitative estimate of drug-likeness (QED) is 0.838. The van der Waals surface area contributed by atoms with Crippen LogP contribution in [0.3, 0.4) is 0 Å². The molecule has 0 saturated carbocycles. The fourth-order valence-electron chi connectivity index (χ4n) is 2.38. The van der Waals surface area contributed by atoms with Gasteiger partial charge in [0.05, 0.1) is 20.5 Å². The number of amides is 1. The fourth-order valence-corrected chi connectivity index (χ4v) is 2.50. The molecule has 0 aliphatic heterocycles. The van der Waals surface area contributed by atoms with Gasteiger partial charge in [0.1, 0.15) is 12.6 Å². The molecule has 0 aliphatic carbocycles. The molecule has 0 bridgehead atoms. The lowest BCUT2D eigenvalue weighted by Crippen LogP contribution is -3.06. The summed E-state index contributed by atoms with van der Waals surface area (Å²) in [6, 6.07) is 17.5. The van der Waals surface area contributed by atoms with Gasteiger partial charge in [-0.15, -0.1) is 0 Å². The number of nitrogens with one attached hydrogen (secondary N) is 2. The maximum atomic E-state index is 12.3. The minimum absolute atomic E-state index is 0.0194. The summed E-state index contributed by atoms with van der Waals surface area (Å²) in [6.07, 6.45) is 0.364. The lowest BCUT2D eigenvalue weighted by molar-refractivity contribution is -0.860. The zero-order chi connectivity index (χ0) is 15.9. The van der Waals surface area contributed by atoms with Gasteiger partial charge in [0, 0.05) is 5.02 Å². The van der Waals surface area contributed by atoms with Crippen molar-refractivity contribution < 1.29 is 9.69 Å². The molecule has 0 heterocycles. The summed E-state index contributed by atoms with van der Waals surface area (Å²) < 4.78 is 0. The summed E-state index contributed by atoms with van der Waals surface area (Å²) in [5.41, 5.74) is 2.10. The minimum Gasteiger partial charge on any atom is -0.343 e. The van der Waals surface area contributed by atoms with Crippen molar-refractivity contribution in [2.24, 2.45) is 0 Å². The highest BCUT2D eigenvalue weighted by molar-refractivity contribution is 6.30. The first-order valence-corrected chi connectivity index (χ1v) is 7.80. The van der Waals surface area contributed by atoms with Crippen LogP contribution in [-0.4, -0.2) is 26.5 Å². The zero-order valence-electron chi connectivity index (χ0n) is 13.0. The number of carbonyl (C=O) groups excluding carboxylic acids is 1. The number of rotatable bonds is 6. The summed E-state index contributed by atoms with van der Waals surface area (Å²) in [6.45, 7) is 0.844. The molecule has 0 aliphatic rings. The molecule has 2 aromatic carbocycles. The van der Waals surface area contributed by atoms with Gasteiger partial charge in [0.15, 0.2) is 0 Å². The standard InChI is InChI=1S/C18H21ClN2O/c1-21(2)13-17(15-6-4-3-5-7-15)20-18(22)12-14-8-10-16(19)11-9-14/h3-11,17H,12-13H2,1-2H3,(H,20,22)/p+1/t17-/m0/s1. The van der Waals surface area contributed by atoms with Gasteiger partial charge >= 0.3 is 0 Å². The van der Waals surface area contributed by atoms with Crippen LogP contribution in [0.25, 0.3) is 0 Å². The number of hydrogen-bond acceptors (Lipinski definition) is 1. The molecular weight excluding hydrogens is 296 g/mol. The van der Waals surface area contributed by atoms with Crippen LogP contribution in [-0.2, 0) is 11.2 Å². The van der Waals surface area contributed by atoms with E-state index in [0.717, 1.165) is 17.7 Å². The van der Waals surface area contributed by atoms with Crippen molar-refractivity contribution in [2.45, 2.75) is 12.5 Å². The third kappa shape index (κ3) is 5.17. The van der Waals surface area contributed by atoms with Gasteiger partial charge in [-0.1, -0.05) is 54.1 Å². The molecule has 2 rings (SSSR count). The number of halogens is 1. The van der Waals surface area contributed by atoms with Crippen LogP contribution in [0.4, 0.5) is 0 Å². The van der Waals surface area contributed by atoms with Crippen molar-refractivity contribution in [3.8, 4) is 0 Å². The Morgan fingerprint density at radius 1 is 1.09 bits per heavy atom. The highest BCUT2D eigenvalue weighted by atomic mass is 35.5. The van der Waals surface area contributed by atoms with E-state index in [-0.39, 0.29) is 11.9 Å². The predicted octanol–water partition coefficient (Wildman–Crippen LogP) is 1.88. The van der Waals surface area contributed by atoms with E-state index in [1.807, 2.05) is 42.5 Å². The van der Waals surface area contributed by atoms with E-state index in [9.17, 15) is 4.79 Å². The van der Waals surface area contributed by atoms with Crippen LogP contribution in [0.5, 0.6) is 0 Å². The van der Waals surface area contributed by atoms with Gasteiger partial charge < -0.3 is 10.2 Å². The topological polar surface area (TPSA) is 33.5 Å². The van der Waals surface area contributed by atoms with Gasteiger partial charge in [-0.05, 0) is 23.3 Å². The van der Waals surface area contributed by atoms with Gasteiger partial charge in [-0.2, -0.15) is 0 Å². The van der Waals surface area contributed by atoms with Crippen molar-refractivity contribution in [1.29, 1.82) is 0 Å². The molecule has 1 atom stereocenters. The van der Waals surface area contributed by atoms with Crippen molar-refractivity contribution in [3.05, 3.63) is 70.7 Å². The molecule has 0 saturated heterocycles. The highest BCUT2D eigenvalue weighted by Crippen LogP contribution is 2.13. The monoisotopic (exact) mass is 317 g/mol. The van der Waals surface area contributed by atoms with Crippen molar-refractivity contribution in [3.63, 3.8) is 0 Å². The number of benzene rings is 2. The molecule has 0 unspecified atom stereocenters. The normalized spacial score (nSPS) is 12.2. The van der Waals surface area contributed by atoms with Crippen LogP contribution >= 0.6 is 11.6 Å². The Morgan fingerprint density at radius 3 is 2.32 bits per heavy atom. The third-order valence-corrected chi connectivity index (χ3v) is 3.68. The maximum Gasteiger partial charge on any atom is 0.225 e. The van der Waals surface area contributed by atoms with Gasteiger partial charge in [0.25, 0.3) is 0 Å². The Morgan fingerprint density at radius 2 is 1.73 bits per heavy atom. The molecule has 0 radical (unpaired) electrons. The van der Waals surface area contributed by atoms with Crippen molar-refractivity contribution in [1.82, 2.24) is 5.32 Å². The summed E-state index contributed by atoms with van der Waals surface area (Å²) in [5, 5.41) is 3.82. The average molecular weight is 318 g/mol. The lowest BCUT2D eigenvalue weighted by Gasteiger charge is -2.21. The van der Waals surface area contributed by atoms with Crippen LogP contribution in [0.1, 0.15) is 17.2 Å². The van der Waals surface area contributed by atoms with Crippen LogP contribution < -0.4 is 10.2 Å². The fraction of sp³-hybridized carbons (Fsp3) is 0.278. The Kier molecular flexibility index (Phi) is 5.99. The first-order valence-electron chi connectivity index (χ1n) is 7.42. The first kappa shape index (κ1) is 16.5. The number of hydrogen-bond donors (Lipinski definition) is 2. The average Bonchev–Trinajstić information content (AvgIpc) is 2.49. The van der Waals surface area contributed by atoms with Gasteiger partial charge in [0.2, 0.25) is 5.91 Å². The van der Waals surface area contributed by atoms with Crippen molar-refractivity contribution >= 4 is 17.5 Å². The second kappa shape index (κ2) is 7.97. The Bertz CT molecular complexity index is 596. The minimum atomic E-state index is 0.0194. The Hall–Kier alpha value is -1.84. The molecule has 0 spiro atoms. The molecule has 116 valence electrons. The lowest BCUT2D eigenvalue weighted by atomic mass is 10.1. The molecule has 0 aromatic heterocycles. The van der Waals surface area contributed by atoms with Crippen LogP contribution in [0, 0.1) is 0 Å². The molecule has 0 fully saturated rings. The summed E-state index contributed by atoms with van der Waals surface area (Å²) in [4.78, 5) is 13.6. The third-order valence-electron chi connectivity index (χ3n) is 3.43. The van der Waals surface area contributed by atoms with E-state index < -0.39 is 0 Å². The van der Waals surface area contributed by atoms with E-state index in [1.54, 1.807) is 0 Å². The summed E-state index contributed by atoms with van der Waals surface area (Å²) in [7, 11) is 4.17. The first-order chi connectivity index (χ1) is 10.5. The number of quaternary nitrogens is 1. The summed E-state index contributed by atoms with van der Waals surface area (Å²) in [5.74, 6) is 0.0254. The Balaban J connectivity index is 2.03. The highest BCUT2D eigenvalue weighted by Gasteiger charge is 2.17. The smallest absolute Gasteiger partial charge is 0.225 e. The molecule has 2 aromatic rings. The van der Waals surface area contributed by atoms with E-state index in [4.69, 9.17) is 11.6 Å². The van der Waals surface area contributed by atoms with E-state index in [2.05, 4.69) is 31.5 Å². The van der Waals surface area contributed by atoms with E-state index in [1.165, 1.54) is 4.90 Å². The molecule has 4 heteroatoms. The second-order valence-corrected chi connectivity index (χ2v) is 6.18. The molecule has 1 amide bonds. The SMILES string of the molecule is C[NH+](C)C[C@H](NC(=O)Cc1ccc(Cl)cc1)c1ccccc1. The molecule has 22 heavy (non-hydrogen) atoms. The summed E-state index contributed by atoms with van der Waals surface area (Å²) >= 11 is 5.87. The van der Waals surface area contributed by atoms with E-state index >= 15 is 0 Å². The second-order valence-electron chi connectivity index (χ2n) is 5.75. The molecular formula is C18H22ClN2O+. The van der Waals surface area contributed by atoms with Crippen molar-refractivity contribution in [2.75, 3.05) is 20.6 Å². The maximum absolute atomic E-state index is 12.3.